The van der Waals surface area contributed by atoms with Crippen molar-refractivity contribution in [2.75, 3.05) is 0 Å². The highest BCUT2D eigenvalue weighted by Gasteiger charge is 1.96. The first-order chi connectivity index (χ1) is 7.36. The lowest BCUT2D eigenvalue weighted by molar-refractivity contribution is 1.26. The third-order valence-corrected chi connectivity index (χ3v) is 2.43. The van der Waals surface area contributed by atoms with Gasteiger partial charge in [0.05, 0.1) is 0 Å². The van der Waals surface area contributed by atoms with Gasteiger partial charge in [0.15, 0.2) is 0 Å². The summed E-state index contributed by atoms with van der Waals surface area (Å²) in [6.45, 7) is 3.95. The molecule has 0 unspecified atom stereocenters. The van der Waals surface area contributed by atoms with Crippen LogP contribution in [0.15, 0.2) is 66.8 Å². The first-order valence-electron chi connectivity index (χ1n) is 5.14. The first kappa shape index (κ1) is 9.72. The van der Waals surface area contributed by atoms with E-state index in [2.05, 4.69) is 55.1 Å². The van der Waals surface area contributed by atoms with Gasteiger partial charge < -0.3 is 0 Å². The molecular formula is C15H14. The Kier molecular flexibility index (Phi) is 2.99. The minimum atomic E-state index is 0.983. The number of fused-ring (bicyclic) bond motifs is 1. The van der Waals surface area contributed by atoms with Crippen LogP contribution in [0.5, 0.6) is 0 Å². The summed E-state index contributed by atoms with van der Waals surface area (Å²) < 4.78 is 0. The molecule has 0 heteroatoms. The molecule has 1 aliphatic carbocycles. The molecule has 0 aliphatic heterocycles. The van der Waals surface area contributed by atoms with E-state index in [0.717, 1.165) is 12.0 Å². The monoisotopic (exact) mass is 194 g/mol. The van der Waals surface area contributed by atoms with Crippen LogP contribution in [-0.2, 0) is 6.42 Å². The lowest BCUT2D eigenvalue weighted by Crippen LogP contribution is -1.86. The maximum atomic E-state index is 3.95. The van der Waals surface area contributed by atoms with Gasteiger partial charge in [-0.2, -0.15) is 0 Å². The van der Waals surface area contributed by atoms with Crippen LogP contribution in [0.4, 0.5) is 0 Å². The largest absolute Gasteiger partial charge is 0.0918 e. The Balaban J connectivity index is 2.41. The summed E-state index contributed by atoms with van der Waals surface area (Å²) in [5, 5.41) is 0. The Morgan fingerprint density at radius 1 is 0.933 bits per heavy atom. The molecule has 2 rings (SSSR count). The van der Waals surface area contributed by atoms with E-state index < -0.39 is 0 Å². The van der Waals surface area contributed by atoms with Crippen LogP contribution in [0.1, 0.15) is 11.1 Å². The van der Waals surface area contributed by atoms with E-state index in [4.69, 9.17) is 0 Å². The molecule has 0 aromatic heterocycles. The Morgan fingerprint density at radius 3 is 2.73 bits per heavy atom. The fourth-order valence-electron chi connectivity index (χ4n) is 1.59. The van der Waals surface area contributed by atoms with Crippen LogP contribution in [0.2, 0.25) is 0 Å². The van der Waals surface area contributed by atoms with Crippen molar-refractivity contribution < 1.29 is 0 Å². The summed E-state index contributed by atoms with van der Waals surface area (Å²) in [5.74, 6) is 0. The highest BCUT2D eigenvalue weighted by molar-refractivity contribution is 5.58. The van der Waals surface area contributed by atoms with E-state index in [1.54, 1.807) is 0 Å². The minimum Gasteiger partial charge on any atom is -0.0918 e. The highest BCUT2D eigenvalue weighted by atomic mass is 14.0. The third kappa shape index (κ3) is 2.57. The predicted molar refractivity (Wildman–Crippen MR) is 66.6 cm³/mol. The lowest BCUT2D eigenvalue weighted by Gasteiger charge is -2.03. The summed E-state index contributed by atoms with van der Waals surface area (Å²) in [7, 11) is 0. The van der Waals surface area contributed by atoms with Gasteiger partial charge in [0.2, 0.25) is 0 Å². The fraction of sp³-hybridized carbons (Fsp3) is 0.0667. The second kappa shape index (κ2) is 4.61. The second-order valence-corrected chi connectivity index (χ2v) is 3.60. The zero-order chi connectivity index (χ0) is 10.5. The average molecular weight is 194 g/mol. The van der Waals surface area contributed by atoms with Crippen LogP contribution < -0.4 is 0 Å². The van der Waals surface area contributed by atoms with Gasteiger partial charge in [-0.15, -0.1) is 0 Å². The first-order valence-corrected chi connectivity index (χ1v) is 5.14. The minimum absolute atomic E-state index is 0.983. The van der Waals surface area contributed by atoms with Crippen molar-refractivity contribution in [1.82, 2.24) is 0 Å². The molecule has 1 aromatic rings. The molecular weight excluding hydrogens is 180 g/mol. The summed E-state index contributed by atoms with van der Waals surface area (Å²) >= 11 is 0. The summed E-state index contributed by atoms with van der Waals surface area (Å²) in [4.78, 5) is 0. The molecule has 0 spiro atoms. The van der Waals surface area contributed by atoms with E-state index in [1.807, 2.05) is 12.2 Å². The normalized spacial score (nSPS) is 21.5. The molecule has 1 aromatic carbocycles. The number of rotatable bonds is 0. The van der Waals surface area contributed by atoms with Gasteiger partial charge in [0.1, 0.15) is 0 Å². The maximum Gasteiger partial charge on any atom is -0.00884 e. The fourth-order valence-corrected chi connectivity index (χ4v) is 1.59. The van der Waals surface area contributed by atoms with E-state index in [0.29, 0.717) is 0 Å². The van der Waals surface area contributed by atoms with Gasteiger partial charge >= 0.3 is 0 Å². The van der Waals surface area contributed by atoms with Crippen LogP contribution in [0.25, 0.3) is 6.08 Å². The van der Waals surface area contributed by atoms with Crippen molar-refractivity contribution >= 4 is 6.08 Å². The van der Waals surface area contributed by atoms with E-state index in [9.17, 15) is 0 Å². The molecule has 0 amide bonds. The molecule has 0 saturated carbocycles. The lowest BCUT2D eigenvalue weighted by atomic mass is 10.0. The summed E-state index contributed by atoms with van der Waals surface area (Å²) in [5.41, 5.74) is 3.66. The third-order valence-electron chi connectivity index (χ3n) is 2.43. The van der Waals surface area contributed by atoms with Crippen molar-refractivity contribution in [3.63, 3.8) is 0 Å². The van der Waals surface area contributed by atoms with Gasteiger partial charge in [-0.3, -0.25) is 0 Å². The molecule has 0 fully saturated rings. The maximum absolute atomic E-state index is 3.95. The Morgan fingerprint density at radius 2 is 1.80 bits per heavy atom. The molecule has 15 heavy (non-hydrogen) atoms. The van der Waals surface area contributed by atoms with Gasteiger partial charge in [-0.1, -0.05) is 67.3 Å². The van der Waals surface area contributed by atoms with Crippen molar-refractivity contribution in [3.05, 3.63) is 77.9 Å². The van der Waals surface area contributed by atoms with E-state index >= 15 is 0 Å². The SMILES string of the molecule is C=C1/C=C\C=C/Cc2ccccc2/C=C\1. The van der Waals surface area contributed by atoms with Crippen LogP contribution in [-0.4, -0.2) is 0 Å². The number of hydrogen-bond acceptors (Lipinski definition) is 0. The second-order valence-electron chi connectivity index (χ2n) is 3.60. The standard InChI is InChI=1S/C15H14/c1-13-7-3-2-4-8-14-9-5-6-10-15(14)12-11-13/h2-7,9-12H,1,8H2/b4-2-,7-3-,12-11-. The quantitative estimate of drug-likeness (QED) is 0.587. The molecule has 1 aliphatic rings. The topological polar surface area (TPSA) is 0 Å². The number of benzene rings is 1. The zero-order valence-corrected chi connectivity index (χ0v) is 8.69. The Hall–Kier alpha value is -1.82. The van der Waals surface area contributed by atoms with Crippen LogP contribution >= 0.6 is 0 Å². The number of hydrogen-bond donors (Lipinski definition) is 0. The van der Waals surface area contributed by atoms with Crippen molar-refractivity contribution in [1.29, 1.82) is 0 Å². The Bertz CT molecular complexity index is 445. The zero-order valence-electron chi connectivity index (χ0n) is 8.69. The van der Waals surface area contributed by atoms with Gasteiger partial charge in [0.25, 0.3) is 0 Å². The molecule has 74 valence electrons. The molecule has 0 atom stereocenters. The van der Waals surface area contributed by atoms with E-state index in [-0.39, 0.29) is 0 Å². The van der Waals surface area contributed by atoms with Gasteiger partial charge in [0, 0.05) is 0 Å². The smallest absolute Gasteiger partial charge is 0.00884 e. The average Bonchev–Trinajstić information content (AvgIpc) is 2.27. The van der Waals surface area contributed by atoms with Crippen LogP contribution in [0.3, 0.4) is 0 Å². The molecule has 0 saturated heterocycles. The van der Waals surface area contributed by atoms with Gasteiger partial charge in [-0.25, -0.2) is 0 Å². The molecule has 0 heterocycles. The predicted octanol–water partition coefficient (Wildman–Crippen LogP) is 3.92. The highest BCUT2D eigenvalue weighted by Crippen LogP contribution is 2.14. The molecule has 0 N–H and O–H groups in total. The van der Waals surface area contributed by atoms with Crippen LogP contribution in [0, 0.1) is 0 Å². The van der Waals surface area contributed by atoms with Crippen molar-refractivity contribution in [2.24, 2.45) is 0 Å². The summed E-state index contributed by atoms with van der Waals surface area (Å²) in [6, 6.07) is 8.45. The van der Waals surface area contributed by atoms with Crippen molar-refractivity contribution in [3.8, 4) is 0 Å². The molecule has 0 nitrogen and oxygen atoms in total. The molecule has 0 bridgehead atoms. The van der Waals surface area contributed by atoms with Gasteiger partial charge in [-0.05, 0) is 23.1 Å². The van der Waals surface area contributed by atoms with Crippen molar-refractivity contribution in [2.45, 2.75) is 6.42 Å². The summed E-state index contributed by atoms with van der Waals surface area (Å²) in [6.07, 6.45) is 13.4. The van der Waals surface area contributed by atoms with E-state index in [1.165, 1.54) is 11.1 Å². The molecule has 0 radical (unpaired) electrons. The number of allylic oxidation sites excluding steroid dienone is 6. The Labute approximate surface area is 91.0 Å².